The lowest BCUT2D eigenvalue weighted by Crippen LogP contribution is -2.19. The fraction of sp³-hybridized carbons (Fsp3) is 0.182. The summed E-state index contributed by atoms with van der Waals surface area (Å²) in [5, 5.41) is 6.26. The molecule has 0 atom stereocenters. The third-order valence-electron chi connectivity index (χ3n) is 2.84. The summed E-state index contributed by atoms with van der Waals surface area (Å²) in [5.41, 5.74) is 2.66. The second-order valence-corrected chi connectivity index (χ2v) is 4.28. The van der Waals surface area contributed by atoms with Gasteiger partial charge in [-0.05, 0) is 17.2 Å². The lowest BCUT2D eigenvalue weighted by molar-refractivity contribution is 0.859. The molecule has 3 rings (SSSR count). The molecule has 0 amide bonds. The number of aromatic amines is 1. The van der Waals surface area contributed by atoms with Gasteiger partial charge in [0.05, 0.1) is 11.9 Å². The van der Waals surface area contributed by atoms with Crippen molar-refractivity contribution in [3.8, 4) is 0 Å². The Morgan fingerprint density at radius 2 is 2.12 bits per heavy atom. The molecule has 86 valence electrons. The summed E-state index contributed by atoms with van der Waals surface area (Å²) in [4.78, 5) is 17.5. The van der Waals surface area contributed by atoms with Gasteiger partial charge in [-0.25, -0.2) is 5.10 Å². The van der Waals surface area contributed by atoms with Gasteiger partial charge in [-0.15, -0.1) is 0 Å². The topological polar surface area (TPSA) is 61.9 Å². The molecule has 0 bridgehead atoms. The van der Waals surface area contributed by atoms with Crippen LogP contribution in [0.1, 0.15) is 11.1 Å². The van der Waals surface area contributed by atoms with Crippen LogP contribution in [-0.2, 0) is 13.1 Å². The van der Waals surface area contributed by atoms with E-state index in [-0.39, 0.29) is 10.6 Å². The Hall–Kier alpha value is -1.88. The molecule has 0 spiro atoms. The average molecular weight is 249 g/mol. The van der Waals surface area contributed by atoms with E-state index in [0.29, 0.717) is 12.2 Å². The summed E-state index contributed by atoms with van der Waals surface area (Å²) in [6, 6.07) is 1.98. The van der Waals surface area contributed by atoms with Crippen molar-refractivity contribution in [2.45, 2.75) is 13.1 Å². The van der Waals surface area contributed by atoms with Gasteiger partial charge < -0.3 is 4.90 Å². The van der Waals surface area contributed by atoms with Gasteiger partial charge in [-0.2, -0.15) is 5.10 Å². The number of anilines is 1. The van der Waals surface area contributed by atoms with Crippen LogP contribution in [0.15, 0.2) is 29.5 Å². The quantitative estimate of drug-likeness (QED) is 0.827. The number of H-pyrrole nitrogens is 1. The first-order chi connectivity index (χ1) is 8.25. The number of hydrogen-bond acceptors (Lipinski definition) is 4. The molecule has 1 N–H and O–H groups in total. The number of pyridine rings is 1. The Morgan fingerprint density at radius 1 is 1.29 bits per heavy atom. The summed E-state index contributed by atoms with van der Waals surface area (Å²) in [5.74, 6) is 0. The van der Waals surface area contributed by atoms with Gasteiger partial charge in [0.2, 0.25) is 0 Å². The summed E-state index contributed by atoms with van der Waals surface area (Å²) >= 11 is 5.98. The van der Waals surface area contributed by atoms with Gasteiger partial charge in [-0.1, -0.05) is 11.6 Å². The molecule has 1 aliphatic heterocycles. The van der Waals surface area contributed by atoms with Crippen molar-refractivity contribution in [3.05, 3.63) is 51.2 Å². The molecule has 0 unspecified atom stereocenters. The van der Waals surface area contributed by atoms with Crippen LogP contribution in [0.25, 0.3) is 0 Å². The molecule has 0 fully saturated rings. The van der Waals surface area contributed by atoms with Gasteiger partial charge in [0.25, 0.3) is 5.56 Å². The minimum atomic E-state index is -0.363. The molecule has 2 aromatic heterocycles. The molecular formula is C11H9ClN4O. The largest absolute Gasteiger partial charge is 0.360 e. The number of halogens is 1. The molecule has 0 aromatic carbocycles. The number of fused-ring (bicyclic) bond motifs is 1. The number of nitrogens with one attached hydrogen (secondary N) is 1. The second-order valence-electron chi connectivity index (χ2n) is 3.90. The molecule has 6 heteroatoms. The van der Waals surface area contributed by atoms with Crippen molar-refractivity contribution in [1.82, 2.24) is 15.2 Å². The van der Waals surface area contributed by atoms with Crippen LogP contribution in [0.4, 0.5) is 5.69 Å². The first kappa shape index (κ1) is 10.3. The highest BCUT2D eigenvalue weighted by Crippen LogP contribution is 2.29. The van der Waals surface area contributed by atoms with Gasteiger partial charge in [0.1, 0.15) is 5.02 Å². The van der Waals surface area contributed by atoms with Crippen molar-refractivity contribution in [2.24, 2.45) is 0 Å². The molecule has 17 heavy (non-hydrogen) atoms. The van der Waals surface area contributed by atoms with Crippen LogP contribution in [-0.4, -0.2) is 15.2 Å². The SMILES string of the molecule is O=c1[nH]ncc(N2Cc3ccncc3C2)c1Cl. The summed E-state index contributed by atoms with van der Waals surface area (Å²) in [6.07, 6.45) is 5.17. The van der Waals surface area contributed by atoms with Gasteiger partial charge in [0, 0.05) is 25.5 Å². The predicted molar refractivity (Wildman–Crippen MR) is 64.0 cm³/mol. The number of rotatable bonds is 1. The highest BCUT2D eigenvalue weighted by Gasteiger charge is 2.21. The van der Waals surface area contributed by atoms with E-state index in [1.165, 1.54) is 5.56 Å². The van der Waals surface area contributed by atoms with Crippen LogP contribution in [0.5, 0.6) is 0 Å². The number of hydrogen-bond donors (Lipinski definition) is 1. The molecular weight excluding hydrogens is 240 g/mol. The van der Waals surface area contributed by atoms with Crippen molar-refractivity contribution >= 4 is 17.3 Å². The number of nitrogens with zero attached hydrogens (tertiary/aromatic N) is 3. The molecule has 3 heterocycles. The normalized spacial score (nSPS) is 13.8. The summed E-state index contributed by atoms with van der Waals surface area (Å²) < 4.78 is 0. The van der Waals surface area contributed by atoms with Crippen molar-refractivity contribution in [2.75, 3.05) is 4.90 Å². The average Bonchev–Trinajstić information content (AvgIpc) is 2.76. The minimum absolute atomic E-state index is 0.181. The fourth-order valence-corrected chi connectivity index (χ4v) is 2.20. The summed E-state index contributed by atoms with van der Waals surface area (Å²) in [6.45, 7) is 1.43. The van der Waals surface area contributed by atoms with E-state index in [1.54, 1.807) is 12.4 Å². The summed E-state index contributed by atoms with van der Waals surface area (Å²) in [7, 11) is 0. The standard InChI is InChI=1S/C11H9ClN4O/c12-10-9(4-14-15-11(10)17)16-5-7-1-2-13-3-8(7)6-16/h1-4H,5-6H2,(H,15,17). The van der Waals surface area contributed by atoms with Crippen molar-refractivity contribution < 1.29 is 0 Å². The highest BCUT2D eigenvalue weighted by atomic mass is 35.5. The van der Waals surface area contributed by atoms with Crippen LogP contribution in [0, 0.1) is 0 Å². The lowest BCUT2D eigenvalue weighted by atomic mass is 10.2. The van der Waals surface area contributed by atoms with Gasteiger partial charge in [0.15, 0.2) is 0 Å². The Bertz CT molecular complexity index is 600. The van der Waals surface area contributed by atoms with Gasteiger partial charge in [-0.3, -0.25) is 9.78 Å². The maximum absolute atomic E-state index is 11.4. The molecule has 0 saturated heterocycles. The van der Waals surface area contributed by atoms with E-state index in [0.717, 1.165) is 12.1 Å². The first-order valence-electron chi connectivity index (χ1n) is 5.15. The first-order valence-corrected chi connectivity index (χ1v) is 5.53. The third-order valence-corrected chi connectivity index (χ3v) is 3.21. The maximum Gasteiger partial charge on any atom is 0.285 e. The molecule has 0 saturated carbocycles. The van der Waals surface area contributed by atoms with Crippen molar-refractivity contribution in [3.63, 3.8) is 0 Å². The zero-order valence-corrected chi connectivity index (χ0v) is 9.61. The van der Waals surface area contributed by atoms with E-state index >= 15 is 0 Å². The number of aromatic nitrogens is 3. The highest BCUT2D eigenvalue weighted by molar-refractivity contribution is 6.33. The minimum Gasteiger partial charge on any atom is -0.360 e. The monoisotopic (exact) mass is 248 g/mol. The van der Waals surface area contributed by atoms with E-state index in [2.05, 4.69) is 15.2 Å². The zero-order valence-electron chi connectivity index (χ0n) is 8.85. The molecule has 5 nitrogen and oxygen atoms in total. The van der Waals surface area contributed by atoms with E-state index < -0.39 is 0 Å². The molecule has 0 radical (unpaired) electrons. The third kappa shape index (κ3) is 1.68. The van der Waals surface area contributed by atoms with Crippen LogP contribution >= 0.6 is 11.6 Å². The molecule has 2 aromatic rings. The fourth-order valence-electron chi connectivity index (χ4n) is 1.98. The maximum atomic E-state index is 11.4. The van der Waals surface area contributed by atoms with Crippen molar-refractivity contribution in [1.29, 1.82) is 0 Å². The smallest absolute Gasteiger partial charge is 0.285 e. The van der Waals surface area contributed by atoms with Crippen LogP contribution in [0.2, 0.25) is 5.02 Å². The van der Waals surface area contributed by atoms with E-state index in [1.807, 2.05) is 17.2 Å². The predicted octanol–water partition coefficient (Wildman–Crippen LogP) is 1.34. The molecule has 1 aliphatic rings. The zero-order chi connectivity index (χ0) is 11.8. The van der Waals surface area contributed by atoms with E-state index in [4.69, 9.17) is 11.6 Å². The Kier molecular flexibility index (Phi) is 2.33. The Labute approximate surface area is 102 Å². The van der Waals surface area contributed by atoms with Crippen LogP contribution in [0.3, 0.4) is 0 Å². The Balaban J connectivity index is 2.00. The van der Waals surface area contributed by atoms with Gasteiger partial charge >= 0.3 is 0 Å². The van der Waals surface area contributed by atoms with E-state index in [9.17, 15) is 4.79 Å². The second kappa shape index (κ2) is 3.85. The Morgan fingerprint density at radius 3 is 2.94 bits per heavy atom. The lowest BCUT2D eigenvalue weighted by Gasteiger charge is -2.17. The van der Waals surface area contributed by atoms with Crippen LogP contribution < -0.4 is 10.5 Å². The molecule has 0 aliphatic carbocycles.